The maximum Gasteiger partial charge on any atom is 0.330 e. The lowest BCUT2D eigenvalue weighted by molar-refractivity contribution is -0.138. The van der Waals surface area contributed by atoms with Crippen LogP contribution in [0.25, 0.3) is 0 Å². The van der Waals surface area contributed by atoms with E-state index in [0.717, 1.165) is 44.9 Å². The highest BCUT2D eigenvalue weighted by atomic mass is 16.4. The van der Waals surface area contributed by atoms with Crippen LogP contribution < -0.4 is 0 Å². The molecule has 0 aromatic heterocycles. The Morgan fingerprint density at radius 2 is 1.79 bits per heavy atom. The van der Waals surface area contributed by atoms with Gasteiger partial charge in [0.25, 0.3) is 0 Å². The monoisotopic (exact) mass is 468 g/mol. The fourth-order valence-electron chi connectivity index (χ4n) is 7.86. The summed E-state index contributed by atoms with van der Waals surface area (Å²) in [6, 6.07) is 0. The first-order chi connectivity index (χ1) is 15.8. The second kappa shape index (κ2) is 9.51. The molecule has 3 aliphatic carbocycles. The lowest BCUT2D eigenvalue weighted by Crippen LogP contribution is -2.50. The van der Waals surface area contributed by atoms with E-state index in [1.54, 1.807) is 12.5 Å². The first-order valence-corrected chi connectivity index (χ1v) is 12.9. The van der Waals surface area contributed by atoms with Gasteiger partial charge in [0, 0.05) is 12.0 Å². The molecule has 188 valence electrons. The highest BCUT2D eigenvalue weighted by Crippen LogP contribution is 2.70. The number of carboxylic acids is 2. The normalized spacial score (nSPS) is 36.9. The number of hydrogen-bond acceptors (Lipinski definition) is 2. The van der Waals surface area contributed by atoms with Gasteiger partial charge >= 0.3 is 11.9 Å². The number of carboxylic acid groups (broad SMARTS) is 2. The molecule has 0 amide bonds. The fraction of sp³-hybridized carbons (Fsp3) is 0.667. The van der Waals surface area contributed by atoms with Crippen molar-refractivity contribution in [3.63, 3.8) is 0 Å². The van der Waals surface area contributed by atoms with Crippen LogP contribution in [0.5, 0.6) is 0 Å². The molecule has 0 bridgehead atoms. The molecule has 0 spiro atoms. The SMILES string of the molecule is C=C(C)C1CCC2C(=CCC3(C)C(=C(C)CCC=C(C)C(=O)O)CCC23C)C1(C)CCC(=O)O. The number of carbonyl (C=O) groups is 2. The molecule has 0 aliphatic heterocycles. The lowest BCUT2D eigenvalue weighted by Gasteiger charge is -2.59. The first kappa shape index (κ1) is 26.5. The van der Waals surface area contributed by atoms with Gasteiger partial charge in [-0.2, -0.15) is 0 Å². The Kier molecular flexibility index (Phi) is 7.41. The maximum absolute atomic E-state index is 11.5. The van der Waals surface area contributed by atoms with Gasteiger partial charge in [0.1, 0.15) is 0 Å². The van der Waals surface area contributed by atoms with Crippen LogP contribution in [0.2, 0.25) is 0 Å². The van der Waals surface area contributed by atoms with Gasteiger partial charge in [-0.05, 0) is 100 Å². The van der Waals surface area contributed by atoms with Crippen LogP contribution in [0.15, 0.2) is 46.6 Å². The van der Waals surface area contributed by atoms with Crippen LogP contribution in [0.3, 0.4) is 0 Å². The largest absolute Gasteiger partial charge is 0.481 e. The van der Waals surface area contributed by atoms with Crippen molar-refractivity contribution in [2.75, 3.05) is 0 Å². The van der Waals surface area contributed by atoms with E-state index in [4.69, 9.17) is 5.11 Å². The molecule has 0 saturated heterocycles. The summed E-state index contributed by atoms with van der Waals surface area (Å²) < 4.78 is 0. The molecule has 4 heteroatoms. The molecule has 3 aliphatic rings. The van der Waals surface area contributed by atoms with E-state index in [2.05, 4.69) is 47.3 Å². The molecule has 0 aromatic rings. The zero-order valence-corrected chi connectivity index (χ0v) is 22.1. The molecule has 0 heterocycles. The quantitative estimate of drug-likeness (QED) is 0.282. The summed E-state index contributed by atoms with van der Waals surface area (Å²) in [5.41, 5.74) is 6.19. The van der Waals surface area contributed by atoms with Gasteiger partial charge in [-0.1, -0.05) is 61.8 Å². The molecule has 34 heavy (non-hydrogen) atoms. The van der Waals surface area contributed by atoms with Gasteiger partial charge in [-0.3, -0.25) is 4.79 Å². The number of hydrogen-bond donors (Lipinski definition) is 2. The van der Waals surface area contributed by atoms with Crippen LogP contribution in [-0.4, -0.2) is 22.2 Å². The standard InChI is InChI=1S/C30H44O4/c1-19(2)22-11-12-25-24(28(22,5)16-15-26(31)32)14-18-29(6)23(13-17-30(25,29)7)20(3)9-8-10-21(4)27(33)34/h10,14,22,25H,1,8-9,11-13,15-18H2,2-7H3,(H,31,32)(H,33,34). The Morgan fingerprint density at radius 3 is 2.38 bits per heavy atom. The Bertz CT molecular complexity index is 966. The summed E-state index contributed by atoms with van der Waals surface area (Å²) in [6.45, 7) is 17.5. The van der Waals surface area contributed by atoms with E-state index in [9.17, 15) is 14.7 Å². The van der Waals surface area contributed by atoms with Crippen LogP contribution in [0, 0.1) is 28.1 Å². The minimum atomic E-state index is -0.841. The van der Waals surface area contributed by atoms with E-state index in [-0.39, 0.29) is 22.7 Å². The summed E-state index contributed by atoms with van der Waals surface area (Å²) in [5, 5.41) is 18.6. The van der Waals surface area contributed by atoms with Gasteiger partial charge in [0.05, 0.1) is 0 Å². The minimum Gasteiger partial charge on any atom is -0.481 e. The van der Waals surface area contributed by atoms with E-state index in [0.29, 0.717) is 23.8 Å². The zero-order chi connectivity index (χ0) is 25.5. The van der Waals surface area contributed by atoms with Crippen LogP contribution in [0.4, 0.5) is 0 Å². The third-order valence-corrected chi connectivity index (χ3v) is 10.1. The van der Waals surface area contributed by atoms with Gasteiger partial charge in [0.15, 0.2) is 0 Å². The molecule has 2 saturated carbocycles. The number of fused-ring (bicyclic) bond motifs is 3. The van der Waals surface area contributed by atoms with E-state index in [1.165, 1.54) is 16.7 Å². The van der Waals surface area contributed by atoms with Gasteiger partial charge < -0.3 is 10.2 Å². The average Bonchev–Trinajstić information content (AvgIpc) is 3.03. The Labute approximate surface area is 205 Å². The van der Waals surface area contributed by atoms with Crippen molar-refractivity contribution in [1.29, 1.82) is 0 Å². The van der Waals surface area contributed by atoms with Crippen molar-refractivity contribution in [3.8, 4) is 0 Å². The van der Waals surface area contributed by atoms with Crippen LogP contribution >= 0.6 is 0 Å². The minimum absolute atomic E-state index is 0.0978. The molecule has 5 atom stereocenters. The van der Waals surface area contributed by atoms with Crippen molar-refractivity contribution in [2.45, 2.75) is 99.3 Å². The summed E-state index contributed by atoms with van der Waals surface area (Å²) in [7, 11) is 0. The number of allylic oxidation sites excluding steroid dienone is 6. The highest BCUT2D eigenvalue weighted by molar-refractivity contribution is 5.85. The van der Waals surface area contributed by atoms with Crippen molar-refractivity contribution < 1.29 is 19.8 Å². The van der Waals surface area contributed by atoms with E-state index in [1.807, 2.05) is 6.08 Å². The smallest absolute Gasteiger partial charge is 0.330 e. The predicted octanol–water partition coefficient (Wildman–Crippen LogP) is 7.72. The second-order valence-electron chi connectivity index (χ2n) is 11.9. The fourth-order valence-corrected chi connectivity index (χ4v) is 7.86. The average molecular weight is 469 g/mol. The number of aliphatic carboxylic acids is 2. The Morgan fingerprint density at radius 1 is 1.12 bits per heavy atom. The van der Waals surface area contributed by atoms with Gasteiger partial charge in [-0.15, -0.1) is 0 Å². The molecule has 2 N–H and O–H groups in total. The van der Waals surface area contributed by atoms with Crippen molar-refractivity contribution in [1.82, 2.24) is 0 Å². The second-order valence-corrected chi connectivity index (χ2v) is 11.9. The third-order valence-electron chi connectivity index (χ3n) is 10.1. The summed E-state index contributed by atoms with van der Waals surface area (Å²) in [6.07, 6.45) is 12.4. The third kappa shape index (κ3) is 4.33. The maximum atomic E-state index is 11.5. The van der Waals surface area contributed by atoms with Crippen molar-refractivity contribution >= 4 is 11.9 Å². The lowest BCUT2D eigenvalue weighted by atomic mass is 9.45. The molecular weight excluding hydrogens is 424 g/mol. The summed E-state index contributed by atoms with van der Waals surface area (Å²) in [5.74, 6) is -0.748. The molecule has 3 rings (SSSR count). The summed E-state index contributed by atoms with van der Waals surface area (Å²) >= 11 is 0. The van der Waals surface area contributed by atoms with Crippen molar-refractivity contribution in [2.24, 2.45) is 28.1 Å². The molecule has 2 fully saturated rings. The van der Waals surface area contributed by atoms with Crippen molar-refractivity contribution in [3.05, 3.63) is 46.6 Å². The predicted molar refractivity (Wildman–Crippen MR) is 137 cm³/mol. The first-order valence-electron chi connectivity index (χ1n) is 12.9. The Hall–Kier alpha value is -2.10. The van der Waals surface area contributed by atoms with Gasteiger partial charge in [-0.25, -0.2) is 4.79 Å². The molecule has 5 unspecified atom stereocenters. The zero-order valence-electron chi connectivity index (χ0n) is 22.1. The molecule has 4 nitrogen and oxygen atoms in total. The topological polar surface area (TPSA) is 74.6 Å². The summed E-state index contributed by atoms with van der Waals surface area (Å²) in [4.78, 5) is 22.6. The molecule has 0 aromatic carbocycles. The van der Waals surface area contributed by atoms with Crippen LogP contribution in [0.1, 0.15) is 99.3 Å². The Balaban J connectivity index is 1.96. The highest BCUT2D eigenvalue weighted by Gasteiger charge is 2.61. The number of rotatable bonds is 8. The van der Waals surface area contributed by atoms with E-state index < -0.39 is 11.9 Å². The molecular formula is C30H44O4. The van der Waals surface area contributed by atoms with Crippen LogP contribution in [-0.2, 0) is 9.59 Å². The van der Waals surface area contributed by atoms with Gasteiger partial charge in [0.2, 0.25) is 0 Å². The van der Waals surface area contributed by atoms with E-state index >= 15 is 0 Å². The molecule has 0 radical (unpaired) electrons.